The molecule has 0 saturated heterocycles. The van der Waals surface area contributed by atoms with Gasteiger partial charge in [-0.3, -0.25) is 9.59 Å². The first-order valence-electron chi connectivity index (χ1n) is 6.05. The number of nitrogens with one attached hydrogen (secondary N) is 2. The molecule has 1 aromatic carbocycles. The van der Waals surface area contributed by atoms with Gasteiger partial charge in [0.25, 0.3) is 0 Å². The molecule has 0 heterocycles. The maximum Gasteiger partial charge on any atom is 0.234 e. The second-order valence-electron chi connectivity index (χ2n) is 3.86. The summed E-state index contributed by atoms with van der Waals surface area (Å²) in [6, 6.07) is 7.06. The molecule has 1 aromatic rings. The van der Waals surface area contributed by atoms with E-state index in [9.17, 15) is 9.59 Å². The topological polar surface area (TPSA) is 67.4 Å². The van der Waals surface area contributed by atoms with Crippen LogP contribution in [0.1, 0.15) is 0 Å². The van der Waals surface area contributed by atoms with Crippen molar-refractivity contribution in [1.82, 2.24) is 5.32 Å². The van der Waals surface area contributed by atoms with Crippen LogP contribution in [0, 0.1) is 0 Å². The normalized spacial score (nSPS) is 9.65. The van der Waals surface area contributed by atoms with Crippen molar-refractivity contribution < 1.29 is 14.3 Å². The SMILES string of the molecule is C=CCNC(=O)CSCC(=O)Nc1ccc(OC)cc1. The fourth-order valence-electron chi connectivity index (χ4n) is 1.34. The van der Waals surface area contributed by atoms with Gasteiger partial charge in [0, 0.05) is 12.2 Å². The van der Waals surface area contributed by atoms with Gasteiger partial charge in [0.1, 0.15) is 5.75 Å². The van der Waals surface area contributed by atoms with E-state index in [4.69, 9.17) is 4.74 Å². The van der Waals surface area contributed by atoms with Crippen LogP contribution in [-0.2, 0) is 9.59 Å². The van der Waals surface area contributed by atoms with E-state index in [0.717, 1.165) is 5.75 Å². The van der Waals surface area contributed by atoms with Crippen molar-refractivity contribution in [2.24, 2.45) is 0 Å². The smallest absolute Gasteiger partial charge is 0.234 e. The van der Waals surface area contributed by atoms with E-state index in [1.807, 2.05) is 0 Å². The summed E-state index contributed by atoms with van der Waals surface area (Å²) >= 11 is 1.26. The first kappa shape index (κ1) is 16.1. The van der Waals surface area contributed by atoms with Gasteiger partial charge in [0.15, 0.2) is 0 Å². The van der Waals surface area contributed by atoms with E-state index in [-0.39, 0.29) is 23.3 Å². The molecule has 20 heavy (non-hydrogen) atoms. The van der Waals surface area contributed by atoms with Crippen molar-refractivity contribution in [1.29, 1.82) is 0 Å². The monoisotopic (exact) mass is 294 g/mol. The lowest BCUT2D eigenvalue weighted by Crippen LogP contribution is -2.26. The first-order chi connectivity index (χ1) is 9.65. The summed E-state index contributed by atoms with van der Waals surface area (Å²) < 4.78 is 5.03. The van der Waals surface area contributed by atoms with Crippen molar-refractivity contribution in [2.45, 2.75) is 0 Å². The average molecular weight is 294 g/mol. The number of ether oxygens (including phenoxy) is 1. The number of carbonyl (C=O) groups is 2. The second kappa shape index (κ2) is 9.03. The number of methoxy groups -OCH3 is 1. The van der Waals surface area contributed by atoms with Gasteiger partial charge in [0.2, 0.25) is 11.8 Å². The molecule has 2 N–H and O–H groups in total. The minimum atomic E-state index is -0.142. The molecule has 0 spiro atoms. The largest absolute Gasteiger partial charge is 0.497 e. The maximum absolute atomic E-state index is 11.7. The van der Waals surface area contributed by atoms with E-state index in [2.05, 4.69) is 17.2 Å². The highest BCUT2D eigenvalue weighted by molar-refractivity contribution is 8.00. The number of amides is 2. The Balaban J connectivity index is 2.25. The number of hydrogen-bond donors (Lipinski definition) is 2. The molecule has 2 amide bonds. The Labute approximate surface area is 122 Å². The molecule has 0 aromatic heterocycles. The molecule has 0 unspecified atom stereocenters. The molecule has 5 nitrogen and oxygen atoms in total. The highest BCUT2D eigenvalue weighted by Gasteiger charge is 2.05. The summed E-state index contributed by atoms with van der Waals surface area (Å²) in [6.45, 7) is 3.95. The van der Waals surface area contributed by atoms with Crippen LogP contribution in [0.15, 0.2) is 36.9 Å². The number of thioether (sulfide) groups is 1. The molecule has 0 radical (unpaired) electrons. The summed E-state index contributed by atoms with van der Waals surface area (Å²) in [7, 11) is 1.58. The number of rotatable bonds is 8. The number of hydrogen-bond acceptors (Lipinski definition) is 4. The first-order valence-corrected chi connectivity index (χ1v) is 7.20. The maximum atomic E-state index is 11.7. The van der Waals surface area contributed by atoms with Gasteiger partial charge >= 0.3 is 0 Å². The molecule has 0 aliphatic carbocycles. The van der Waals surface area contributed by atoms with Gasteiger partial charge in [0.05, 0.1) is 18.6 Å². The van der Waals surface area contributed by atoms with Crippen LogP contribution in [0.3, 0.4) is 0 Å². The summed E-state index contributed by atoms with van der Waals surface area (Å²) in [5, 5.41) is 5.39. The molecule has 0 saturated carbocycles. The molecular formula is C14H18N2O3S. The molecule has 0 aliphatic heterocycles. The lowest BCUT2D eigenvalue weighted by molar-refractivity contribution is -0.118. The third kappa shape index (κ3) is 6.29. The van der Waals surface area contributed by atoms with E-state index in [1.165, 1.54) is 11.8 Å². The van der Waals surface area contributed by atoms with Crippen LogP contribution >= 0.6 is 11.8 Å². The van der Waals surface area contributed by atoms with Crippen LogP contribution in [0.2, 0.25) is 0 Å². The summed E-state index contributed by atoms with van der Waals surface area (Å²) in [6.07, 6.45) is 1.61. The second-order valence-corrected chi connectivity index (χ2v) is 4.85. The molecule has 0 fully saturated rings. The molecule has 108 valence electrons. The van der Waals surface area contributed by atoms with E-state index in [0.29, 0.717) is 12.2 Å². The Morgan fingerprint density at radius 3 is 2.50 bits per heavy atom. The highest BCUT2D eigenvalue weighted by Crippen LogP contribution is 2.15. The minimum Gasteiger partial charge on any atom is -0.497 e. The molecular weight excluding hydrogens is 276 g/mol. The van der Waals surface area contributed by atoms with Gasteiger partial charge in [-0.1, -0.05) is 6.08 Å². The summed E-state index contributed by atoms with van der Waals surface area (Å²) in [4.78, 5) is 22.9. The van der Waals surface area contributed by atoms with Gasteiger partial charge < -0.3 is 15.4 Å². The lowest BCUT2D eigenvalue weighted by Gasteiger charge is -2.06. The zero-order chi connectivity index (χ0) is 14.8. The number of anilines is 1. The fraction of sp³-hybridized carbons (Fsp3) is 0.286. The van der Waals surface area contributed by atoms with Crippen LogP contribution in [0.25, 0.3) is 0 Å². The Morgan fingerprint density at radius 1 is 1.25 bits per heavy atom. The number of benzene rings is 1. The van der Waals surface area contributed by atoms with Crippen LogP contribution in [-0.4, -0.2) is 37.0 Å². The molecule has 6 heteroatoms. The zero-order valence-corrected chi connectivity index (χ0v) is 12.2. The molecule has 0 bridgehead atoms. The van der Waals surface area contributed by atoms with Gasteiger partial charge in [-0.25, -0.2) is 0 Å². The van der Waals surface area contributed by atoms with Crippen molar-refractivity contribution >= 4 is 29.3 Å². The van der Waals surface area contributed by atoms with Gasteiger partial charge in [-0.2, -0.15) is 0 Å². The third-order valence-electron chi connectivity index (χ3n) is 2.28. The van der Waals surface area contributed by atoms with E-state index < -0.39 is 0 Å². The lowest BCUT2D eigenvalue weighted by atomic mass is 10.3. The Hall–Kier alpha value is -1.95. The third-order valence-corrected chi connectivity index (χ3v) is 3.22. The standard InChI is InChI=1S/C14H18N2O3S/c1-3-8-15-13(17)9-20-10-14(18)16-11-4-6-12(19-2)7-5-11/h3-7H,1,8-10H2,2H3,(H,15,17)(H,16,18). The minimum absolute atomic E-state index is 0.104. The van der Waals surface area contributed by atoms with Crippen molar-refractivity contribution in [3.8, 4) is 5.75 Å². The summed E-state index contributed by atoms with van der Waals surface area (Å²) in [5.74, 6) is 0.970. The predicted octanol–water partition coefficient (Wildman–Crippen LogP) is 1.67. The Morgan fingerprint density at radius 2 is 1.90 bits per heavy atom. The van der Waals surface area contributed by atoms with Crippen molar-refractivity contribution in [2.75, 3.05) is 30.5 Å². The van der Waals surface area contributed by atoms with E-state index in [1.54, 1.807) is 37.5 Å². The van der Waals surface area contributed by atoms with Crippen molar-refractivity contribution in [3.63, 3.8) is 0 Å². The predicted molar refractivity (Wildman–Crippen MR) is 82.2 cm³/mol. The molecule has 1 rings (SSSR count). The zero-order valence-electron chi connectivity index (χ0n) is 11.3. The summed E-state index contributed by atoms with van der Waals surface area (Å²) in [5.41, 5.74) is 0.701. The quantitative estimate of drug-likeness (QED) is 0.716. The van der Waals surface area contributed by atoms with Crippen LogP contribution < -0.4 is 15.4 Å². The fourth-order valence-corrected chi connectivity index (χ4v) is 1.99. The van der Waals surface area contributed by atoms with Crippen molar-refractivity contribution in [3.05, 3.63) is 36.9 Å². The van der Waals surface area contributed by atoms with Gasteiger partial charge in [-0.15, -0.1) is 18.3 Å². The van der Waals surface area contributed by atoms with Gasteiger partial charge in [-0.05, 0) is 24.3 Å². The molecule has 0 atom stereocenters. The average Bonchev–Trinajstić information content (AvgIpc) is 2.46. The highest BCUT2D eigenvalue weighted by atomic mass is 32.2. The van der Waals surface area contributed by atoms with Crippen LogP contribution in [0.4, 0.5) is 5.69 Å². The number of carbonyl (C=O) groups excluding carboxylic acids is 2. The van der Waals surface area contributed by atoms with Crippen LogP contribution in [0.5, 0.6) is 5.75 Å². The molecule has 0 aliphatic rings. The Kier molecular flexibility index (Phi) is 7.27. The van der Waals surface area contributed by atoms with E-state index >= 15 is 0 Å². The Bertz CT molecular complexity index is 460.